The van der Waals surface area contributed by atoms with E-state index in [2.05, 4.69) is 32.0 Å². The van der Waals surface area contributed by atoms with Gasteiger partial charge >= 0.3 is 0 Å². The lowest BCUT2D eigenvalue weighted by Gasteiger charge is -2.35. The third-order valence-corrected chi connectivity index (χ3v) is 5.84. The zero-order chi connectivity index (χ0) is 20.7. The molecule has 2 aromatic heterocycles. The van der Waals surface area contributed by atoms with Crippen LogP contribution in [0.3, 0.4) is 0 Å². The van der Waals surface area contributed by atoms with Gasteiger partial charge in [-0.2, -0.15) is 5.10 Å². The van der Waals surface area contributed by atoms with Crippen LogP contribution in [0.1, 0.15) is 19.8 Å². The minimum atomic E-state index is -0.450. The number of carbonyl (C=O) groups is 1. The molecule has 1 amide bonds. The maximum Gasteiger partial charge on any atom is 0.248 e. The van der Waals surface area contributed by atoms with Gasteiger partial charge in [-0.05, 0) is 38.0 Å². The van der Waals surface area contributed by atoms with Crippen molar-refractivity contribution in [3.8, 4) is 17.1 Å². The van der Waals surface area contributed by atoms with E-state index < -0.39 is 6.61 Å². The van der Waals surface area contributed by atoms with Gasteiger partial charge in [0, 0.05) is 37.6 Å². The monoisotopic (exact) mass is 408 g/mol. The number of hydrogen-bond acceptors (Lipinski definition) is 7. The molecule has 30 heavy (non-hydrogen) atoms. The third-order valence-electron chi connectivity index (χ3n) is 5.84. The summed E-state index contributed by atoms with van der Waals surface area (Å²) in [6.07, 6.45) is 3.70. The highest BCUT2D eigenvalue weighted by molar-refractivity contribution is 5.93. The summed E-state index contributed by atoms with van der Waals surface area (Å²) in [5, 5.41) is 17.5. The molecule has 1 aliphatic heterocycles. The van der Waals surface area contributed by atoms with Gasteiger partial charge in [0.1, 0.15) is 35.8 Å². The van der Waals surface area contributed by atoms with Crippen LogP contribution in [0.25, 0.3) is 22.3 Å². The molecule has 0 bridgehead atoms. The average molecular weight is 408 g/mol. The van der Waals surface area contributed by atoms with Crippen LogP contribution < -0.4 is 9.64 Å². The zero-order valence-corrected chi connectivity index (χ0v) is 16.8. The fraction of sp³-hybridized carbons (Fsp3) is 0.429. The average Bonchev–Trinajstić information content (AvgIpc) is 3.35. The van der Waals surface area contributed by atoms with Gasteiger partial charge in [-0.15, -0.1) is 0 Å². The van der Waals surface area contributed by atoms with Gasteiger partial charge in [0.15, 0.2) is 0 Å². The molecule has 1 aliphatic carbocycles. The Morgan fingerprint density at radius 3 is 2.73 bits per heavy atom. The van der Waals surface area contributed by atoms with Crippen molar-refractivity contribution in [3.05, 3.63) is 30.6 Å². The topological polar surface area (TPSA) is 107 Å². The maximum absolute atomic E-state index is 11.7. The van der Waals surface area contributed by atoms with Gasteiger partial charge in [0.2, 0.25) is 5.91 Å². The number of ether oxygens (including phenoxy) is 1. The van der Waals surface area contributed by atoms with E-state index in [1.165, 1.54) is 0 Å². The molecule has 0 spiro atoms. The Morgan fingerprint density at radius 2 is 2.00 bits per heavy atom. The first-order valence-electron chi connectivity index (χ1n) is 10.2. The lowest BCUT2D eigenvalue weighted by atomic mass is 10.1. The molecule has 1 saturated carbocycles. The van der Waals surface area contributed by atoms with Crippen molar-refractivity contribution >= 4 is 22.6 Å². The van der Waals surface area contributed by atoms with Gasteiger partial charge in [-0.3, -0.25) is 9.89 Å². The maximum atomic E-state index is 11.7. The summed E-state index contributed by atoms with van der Waals surface area (Å²) in [6, 6.07) is 7.88. The number of hydrogen-bond donors (Lipinski definition) is 2. The molecule has 156 valence electrons. The lowest BCUT2D eigenvalue weighted by molar-refractivity contribution is -0.134. The molecule has 3 aromatic rings. The molecule has 2 N–H and O–H groups in total. The van der Waals surface area contributed by atoms with Crippen molar-refractivity contribution in [2.24, 2.45) is 0 Å². The van der Waals surface area contributed by atoms with Crippen molar-refractivity contribution < 1.29 is 14.6 Å². The summed E-state index contributed by atoms with van der Waals surface area (Å²) in [5.41, 5.74) is 2.37. The number of amides is 1. The van der Waals surface area contributed by atoms with Crippen LogP contribution >= 0.6 is 0 Å². The minimum absolute atomic E-state index is 0.0424. The number of aliphatic hydroxyl groups excluding tert-OH is 1. The number of rotatable bonds is 5. The largest absolute Gasteiger partial charge is 0.488 e. The molecule has 2 fully saturated rings. The second kappa shape index (κ2) is 7.24. The first kappa shape index (κ1) is 18.8. The zero-order valence-electron chi connectivity index (χ0n) is 16.8. The number of nitrogens with zero attached hydrogens (tertiary/aromatic N) is 5. The number of nitrogens with one attached hydrogen (secondary N) is 1. The number of anilines is 1. The van der Waals surface area contributed by atoms with Crippen molar-refractivity contribution in [1.82, 2.24) is 25.1 Å². The molecule has 9 nitrogen and oxygen atoms in total. The molecular formula is C21H24N6O3. The lowest BCUT2D eigenvalue weighted by Crippen LogP contribution is -2.49. The van der Waals surface area contributed by atoms with Gasteiger partial charge in [0.25, 0.3) is 0 Å². The van der Waals surface area contributed by atoms with Crippen molar-refractivity contribution in [1.29, 1.82) is 0 Å². The first-order chi connectivity index (χ1) is 14.5. The Morgan fingerprint density at radius 1 is 1.20 bits per heavy atom. The SMILES string of the molecule is CC1(Oc2ccc3[nH]nc(-c4cc(N5CCN(C(=O)CO)CC5)ncn4)c3c2)CC1. The number of carbonyl (C=O) groups excluding carboxylic acids is 1. The second-order valence-corrected chi connectivity index (χ2v) is 8.12. The van der Waals surface area contributed by atoms with E-state index in [1.807, 2.05) is 24.3 Å². The fourth-order valence-corrected chi connectivity index (χ4v) is 3.75. The number of piperazine rings is 1. The van der Waals surface area contributed by atoms with Crippen LogP contribution in [0, 0.1) is 0 Å². The Labute approximate surface area is 173 Å². The molecule has 5 rings (SSSR count). The van der Waals surface area contributed by atoms with E-state index in [0.717, 1.165) is 46.7 Å². The Kier molecular flexibility index (Phi) is 4.54. The molecule has 2 aliphatic rings. The van der Waals surface area contributed by atoms with Crippen molar-refractivity contribution in [2.45, 2.75) is 25.4 Å². The minimum Gasteiger partial charge on any atom is -0.488 e. The van der Waals surface area contributed by atoms with Gasteiger partial charge < -0.3 is 19.6 Å². The normalized spacial score (nSPS) is 17.9. The highest BCUT2D eigenvalue weighted by atomic mass is 16.5. The van der Waals surface area contributed by atoms with Gasteiger partial charge in [-0.25, -0.2) is 9.97 Å². The van der Waals surface area contributed by atoms with E-state index in [9.17, 15) is 4.79 Å². The number of fused-ring (bicyclic) bond motifs is 1. The smallest absolute Gasteiger partial charge is 0.248 e. The summed E-state index contributed by atoms with van der Waals surface area (Å²) in [6.45, 7) is 4.10. The number of aliphatic hydroxyl groups is 1. The first-order valence-corrected chi connectivity index (χ1v) is 10.2. The molecule has 3 heterocycles. The summed E-state index contributed by atoms with van der Waals surface area (Å²) >= 11 is 0. The van der Waals surface area contributed by atoms with E-state index >= 15 is 0 Å². The molecule has 9 heteroatoms. The highest BCUT2D eigenvalue weighted by Gasteiger charge is 2.40. The predicted molar refractivity (Wildman–Crippen MR) is 111 cm³/mol. The van der Waals surface area contributed by atoms with E-state index in [1.54, 1.807) is 11.2 Å². The van der Waals surface area contributed by atoms with Crippen molar-refractivity contribution in [2.75, 3.05) is 37.7 Å². The summed E-state index contributed by atoms with van der Waals surface area (Å²) in [4.78, 5) is 24.3. The van der Waals surface area contributed by atoms with Crippen molar-refractivity contribution in [3.63, 3.8) is 0 Å². The number of H-pyrrole nitrogens is 1. The molecular weight excluding hydrogens is 384 g/mol. The number of aromatic amines is 1. The van der Waals surface area contributed by atoms with Crippen LogP contribution in [0.2, 0.25) is 0 Å². The van der Waals surface area contributed by atoms with E-state index in [4.69, 9.17) is 9.84 Å². The summed E-state index contributed by atoms with van der Waals surface area (Å²) < 4.78 is 6.11. The Bertz CT molecular complexity index is 1090. The van der Waals surface area contributed by atoms with Gasteiger partial charge in [0.05, 0.1) is 11.2 Å². The molecule has 1 aromatic carbocycles. The summed E-state index contributed by atoms with van der Waals surface area (Å²) in [7, 11) is 0. The Hall–Kier alpha value is -3.20. The van der Waals surface area contributed by atoms with Crippen LogP contribution in [0.4, 0.5) is 5.82 Å². The standard InChI is InChI=1S/C21H24N6O3/c1-21(4-5-21)30-14-2-3-16-15(10-14)20(25-24-16)17-11-18(23-13-22-17)26-6-8-27(9-7-26)19(29)12-28/h2-3,10-11,13,28H,4-9,12H2,1H3,(H,24,25). The van der Waals surface area contributed by atoms with Crippen LogP contribution in [0.5, 0.6) is 5.75 Å². The van der Waals surface area contributed by atoms with Crippen LogP contribution in [-0.2, 0) is 4.79 Å². The van der Waals surface area contributed by atoms with Crippen LogP contribution in [0.15, 0.2) is 30.6 Å². The fourth-order valence-electron chi connectivity index (χ4n) is 3.75. The molecule has 1 saturated heterocycles. The third kappa shape index (κ3) is 3.56. The number of benzene rings is 1. The van der Waals surface area contributed by atoms with E-state index in [0.29, 0.717) is 26.2 Å². The Balaban J connectivity index is 1.39. The van der Waals surface area contributed by atoms with E-state index in [-0.39, 0.29) is 11.5 Å². The number of aromatic nitrogens is 4. The van der Waals surface area contributed by atoms with Gasteiger partial charge in [-0.1, -0.05) is 0 Å². The second-order valence-electron chi connectivity index (χ2n) is 8.12. The molecule has 0 atom stereocenters. The predicted octanol–water partition coefficient (Wildman–Crippen LogP) is 1.59. The van der Waals surface area contributed by atoms with Crippen LogP contribution in [-0.4, -0.2) is 74.5 Å². The highest BCUT2D eigenvalue weighted by Crippen LogP contribution is 2.40. The molecule has 0 radical (unpaired) electrons. The molecule has 0 unspecified atom stereocenters. The summed E-state index contributed by atoms with van der Waals surface area (Å²) in [5.74, 6) is 1.40. The quantitative estimate of drug-likeness (QED) is 0.660.